The highest BCUT2D eigenvalue weighted by molar-refractivity contribution is 5.97. The van der Waals surface area contributed by atoms with Crippen molar-refractivity contribution in [1.29, 1.82) is 0 Å². The summed E-state index contributed by atoms with van der Waals surface area (Å²) < 4.78 is 10.8. The maximum atomic E-state index is 13.6. The molecular formula is C25H28N4O3. The predicted octanol–water partition coefficient (Wildman–Crippen LogP) is 4.49. The first-order chi connectivity index (χ1) is 15.7. The first-order valence-electron chi connectivity index (χ1n) is 11.0. The molecule has 0 saturated carbocycles. The van der Waals surface area contributed by atoms with Gasteiger partial charge in [-0.3, -0.25) is 9.78 Å². The zero-order valence-electron chi connectivity index (χ0n) is 18.7. The fourth-order valence-corrected chi connectivity index (χ4v) is 4.21. The van der Waals surface area contributed by atoms with Gasteiger partial charge in [-0.25, -0.2) is 9.97 Å². The number of aryl methyl sites for hydroxylation is 1. The van der Waals surface area contributed by atoms with Crippen molar-refractivity contribution in [2.24, 2.45) is 0 Å². The molecule has 0 bridgehead atoms. The monoisotopic (exact) mass is 432 g/mol. The molecule has 0 spiro atoms. The lowest BCUT2D eigenvalue weighted by molar-refractivity contribution is 0.0729. The van der Waals surface area contributed by atoms with E-state index in [0.29, 0.717) is 23.6 Å². The van der Waals surface area contributed by atoms with Crippen LogP contribution in [0.5, 0.6) is 11.5 Å². The molecule has 0 N–H and O–H groups in total. The molecule has 1 unspecified atom stereocenters. The molecule has 0 aliphatic carbocycles. The molecule has 7 nitrogen and oxygen atoms in total. The molecule has 1 amide bonds. The minimum atomic E-state index is -0.129. The van der Waals surface area contributed by atoms with Crippen molar-refractivity contribution in [3.63, 3.8) is 0 Å². The SMILES string of the molecule is CCCc1ncc(-c2ccncc2)c(C2CCCN2C(=O)c2ccc(OC)cc2OC)n1. The summed E-state index contributed by atoms with van der Waals surface area (Å²) in [6.07, 6.45) is 8.94. The number of hydrogen-bond donors (Lipinski definition) is 0. The van der Waals surface area contributed by atoms with Crippen molar-refractivity contribution in [3.8, 4) is 22.6 Å². The van der Waals surface area contributed by atoms with Gasteiger partial charge in [-0.2, -0.15) is 0 Å². The number of methoxy groups -OCH3 is 2. The van der Waals surface area contributed by atoms with Gasteiger partial charge < -0.3 is 14.4 Å². The van der Waals surface area contributed by atoms with E-state index in [1.165, 1.54) is 0 Å². The molecular weight excluding hydrogens is 404 g/mol. The van der Waals surface area contributed by atoms with E-state index in [-0.39, 0.29) is 11.9 Å². The summed E-state index contributed by atoms with van der Waals surface area (Å²) in [6, 6.07) is 9.07. The number of benzene rings is 1. The lowest BCUT2D eigenvalue weighted by Gasteiger charge is -2.27. The number of pyridine rings is 1. The van der Waals surface area contributed by atoms with Crippen LogP contribution in [-0.2, 0) is 6.42 Å². The van der Waals surface area contributed by atoms with Crippen LogP contribution in [0.4, 0.5) is 0 Å². The van der Waals surface area contributed by atoms with Crippen LogP contribution in [0.15, 0.2) is 48.9 Å². The number of aromatic nitrogens is 3. The highest BCUT2D eigenvalue weighted by atomic mass is 16.5. The number of ether oxygens (including phenoxy) is 2. The van der Waals surface area contributed by atoms with Crippen molar-refractivity contribution in [2.45, 2.75) is 38.6 Å². The number of hydrogen-bond acceptors (Lipinski definition) is 6. The summed E-state index contributed by atoms with van der Waals surface area (Å²) >= 11 is 0. The molecule has 1 fully saturated rings. The highest BCUT2D eigenvalue weighted by Gasteiger charge is 2.34. The summed E-state index contributed by atoms with van der Waals surface area (Å²) in [5, 5.41) is 0. The van der Waals surface area contributed by atoms with E-state index >= 15 is 0 Å². The molecule has 1 atom stereocenters. The molecule has 1 aliphatic rings. The largest absolute Gasteiger partial charge is 0.497 e. The first kappa shape index (κ1) is 21.7. The number of nitrogens with zero attached hydrogens (tertiary/aromatic N) is 4. The van der Waals surface area contributed by atoms with Gasteiger partial charge in [0, 0.05) is 43.2 Å². The topological polar surface area (TPSA) is 77.4 Å². The average molecular weight is 433 g/mol. The Bertz CT molecular complexity index is 1090. The molecule has 1 saturated heterocycles. The smallest absolute Gasteiger partial charge is 0.258 e. The Kier molecular flexibility index (Phi) is 6.63. The molecule has 1 aromatic carbocycles. The molecule has 1 aliphatic heterocycles. The summed E-state index contributed by atoms with van der Waals surface area (Å²) in [6.45, 7) is 2.78. The van der Waals surface area contributed by atoms with Gasteiger partial charge in [0.1, 0.15) is 17.3 Å². The molecule has 4 rings (SSSR count). The second-order valence-electron chi connectivity index (χ2n) is 7.79. The van der Waals surface area contributed by atoms with Crippen LogP contribution in [-0.4, -0.2) is 46.5 Å². The Morgan fingerprint density at radius 3 is 2.69 bits per heavy atom. The third-order valence-corrected chi connectivity index (χ3v) is 5.80. The lowest BCUT2D eigenvalue weighted by atomic mass is 10.00. The van der Waals surface area contributed by atoms with Crippen LogP contribution in [0.2, 0.25) is 0 Å². The number of amides is 1. The van der Waals surface area contributed by atoms with E-state index < -0.39 is 0 Å². The zero-order valence-corrected chi connectivity index (χ0v) is 18.7. The fraction of sp³-hybridized carbons (Fsp3) is 0.360. The summed E-state index contributed by atoms with van der Waals surface area (Å²) in [5.74, 6) is 1.89. The maximum Gasteiger partial charge on any atom is 0.258 e. The van der Waals surface area contributed by atoms with Crippen molar-refractivity contribution in [2.75, 3.05) is 20.8 Å². The van der Waals surface area contributed by atoms with Gasteiger partial charge in [-0.1, -0.05) is 6.92 Å². The third-order valence-electron chi connectivity index (χ3n) is 5.80. The molecule has 166 valence electrons. The first-order valence-corrected chi connectivity index (χ1v) is 11.0. The fourth-order valence-electron chi connectivity index (χ4n) is 4.21. The van der Waals surface area contributed by atoms with Crippen LogP contribution in [0.3, 0.4) is 0 Å². The molecule has 3 heterocycles. The molecule has 3 aromatic rings. The maximum absolute atomic E-state index is 13.6. The number of likely N-dealkylation sites (tertiary alicyclic amines) is 1. The Balaban J connectivity index is 1.75. The van der Waals surface area contributed by atoms with Crippen LogP contribution in [0, 0.1) is 0 Å². The van der Waals surface area contributed by atoms with Crippen molar-refractivity contribution < 1.29 is 14.3 Å². The number of carbonyl (C=O) groups excluding carboxylic acids is 1. The Morgan fingerprint density at radius 2 is 1.97 bits per heavy atom. The van der Waals surface area contributed by atoms with Crippen molar-refractivity contribution in [1.82, 2.24) is 19.9 Å². The minimum absolute atomic E-state index is 0.0664. The standard InChI is InChI=1S/C25H28N4O3/c1-4-6-23-27-16-20(17-10-12-26-13-11-17)24(28-23)21-7-5-14-29(21)25(30)19-9-8-18(31-2)15-22(19)32-3/h8-13,15-16,21H,4-7,14H2,1-3H3. The summed E-state index contributed by atoms with van der Waals surface area (Å²) in [5.41, 5.74) is 3.36. The zero-order chi connectivity index (χ0) is 22.5. The van der Waals surface area contributed by atoms with E-state index in [0.717, 1.165) is 48.3 Å². The van der Waals surface area contributed by atoms with Crippen LogP contribution in [0.25, 0.3) is 11.1 Å². The molecule has 7 heteroatoms. The van der Waals surface area contributed by atoms with Crippen LogP contribution >= 0.6 is 0 Å². The van der Waals surface area contributed by atoms with Gasteiger partial charge in [-0.05, 0) is 49.1 Å². The lowest BCUT2D eigenvalue weighted by Crippen LogP contribution is -2.31. The van der Waals surface area contributed by atoms with E-state index in [1.54, 1.807) is 44.8 Å². The van der Waals surface area contributed by atoms with E-state index in [4.69, 9.17) is 14.5 Å². The van der Waals surface area contributed by atoms with Crippen molar-refractivity contribution >= 4 is 5.91 Å². The number of rotatable bonds is 7. The Labute approximate surface area is 188 Å². The highest BCUT2D eigenvalue weighted by Crippen LogP contribution is 2.38. The molecule has 32 heavy (non-hydrogen) atoms. The van der Waals surface area contributed by atoms with Gasteiger partial charge in [0.15, 0.2) is 0 Å². The molecule has 0 radical (unpaired) electrons. The Hall–Kier alpha value is -3.48. The third kappa shape index (κ3) is 4.28. The normalized spacial score (nSPS) is 15.6. The minimum Gasteiger partial charge on any atom is -0.497 e. The van der Waals surface area contributed by atoms with Gasteiger partial charge >= 0.3 is 0 Å². The van der Waals surface area contributed by atoms with Crippen LogP contribution < -0.4 is 9.47 Å². The van der Waals surface area contributed by atoms with E-state index in [2.05, 4.69) is 16.9 Å². The van der Waals surface area contributed by atoms with E-state index in [9.17, 15) is 4.79 Å². The molecule has 2 aromatic heterocycles. The number of carbonyl (C=O) groups is 1. The van der Waals surface area contributed by atoms with Gasteiger partial charge in [0.2, 0.25) is 0 Å². The second-order valence-corrected chi connectivity index (χ2v) is 7.79. The van der Waals surface area contributed by atoms with Gasteiger partial charge in [0.05, 0.1) is 31.5 Å². The van der Waals surface area contributed by atoms with Gasteiger partial charge in [-0.15, -0.1) is 0 Å². The quantitative estimate of drug-likeness (QED) is 0.548. The Morgan fingerprint density at radius 1 is 1.16 bits per heavy atom. The van der Waals surface area contributed by atoms with Crippen molar-refractivity contribution in [3.05, 3.63) is 66.0 Å². The van der Waals surface area contributed by atoms with E-state index in [1.807, 2.05) is 23.2 Å². The van der Waals surface area contributed by atoms with Gasteiger partial charge in [0.25, 0.3) is 5.91 Å². The summed E-state index contributed by atoms with van der Waals surface area (Å²) in [7, 11) is 3.16. The van der Waals surface area contributed by atoms with Crippen LogP contribution in [0.1, 0.15) is 54.1 Å². The second kappa shape index (κ2) is 9.77. The predicted molar refractivity (Wildman–Crippen MR) is 122 cm³/mol. The average Bonchev–Trinajstić information content (AvgIpc) is 3.34. The summed E-state index contributed by atoms with van der Waals surface area (Å²) in [4.78, 5) is 29.2.